The summed E-state index contributed by atoms with van der Waals surface area (Å²) in [5, 5.41) is 12.6. The molecule has 10 heteroatoms. The molecule has 3 rings (SSSR count). The fourth-order valence-corrected chi connectivity index (χ4v) is 3.28. The van der Waals surface area contributed by atoms with Crippen LogP contribution in [0.3, 0.4) is 0 Å². The third-order valence-corrected chi connectivity index (χ3v) is 5.28. The topological polar surface area (TPSA) is 97.5 Å². The Kier molecular flexibility index (Phi) is 6.71. The second-order valence-electron chi connectivity index (χ2n) is 6.60. The molecule has 0 aliphatic rings. The molecule has 0 radical (unpaired) electrons. The number of aryl methyl sites for hydroxylation is 2. The number of ether oxygens (including phenoxy) is 1. The molecule has 2 amide bonds. The fraction of sp³-hybridized carbons (Fsp3) is 0.200. The lowest BCUT2D eigenvalue weighted by atomic mass is 10.2. The van der Waals surface area contributed by atoms with Gasteiger partial charge in [-0.05, 0) is 29.8 Å². The molecular formula is C20H20Cl2N4O4. The molecule has 1 aromatic carbocycles. The summed E-state index contributed by atoms with van der Waals surface area (Å²) < 4.78 is 9.17. The highest BCUT2D eigenvalue weighted by Gasteiger charge is 2.26. The maximum Gasteiger partial charge on any atom is 0.279 e. The van der Waals surface area contributed by atoms with E-state index in [2.05, 4.69) is 5.32 Å². The Morgan fingerprint density at radius 1 is 1.10 bits per heavy atom. The van der Waals surface area contributed by atoms with Gasteiger partial charge in [0.2, 0.25) is 0 Å². The number of nitrogens with one attached hydrogen (secondary N) is 2. The predicted octanol–water partition coefficient (Wildman–Crippen LogP) is 3.30. The van der Waals surface area contributed by atoms with Crippen LogP contribution >= 0.6 is 23.2 Å². The van der Waals surface area contributed by atoms with Gasteiger partial charge < -0.3 is 19.2 Å². The van der Waals surface area contributed by atoms with E-state index in [9.17, 15) is 9.59 Å². The van der Waals surface area contributed by atoms with E-state index in [0.717, 1.165) is 5.69 Å². The van der Waals surface area contributed by atoms with Gasteiger partial charge >= 0.3 is 0 Å². The minimum Gasteiger partial charge on any atom is -0.486 e. The van der Waals surface area contributed by atoms with Gasteiger partial charge in [-0.3, -0.25) is 14.8 Å². The minimum atomic E-state index is -0.795. The smallest absolute Gasteiger partial charge is 0.279 e. The van der Waals surface area contributed by atoms with Crippen molar-refractivity contribution in [3.63, 3.8) is 0 Å². The number of hydrogen-bond acceptors (Lipinski definition) is 4. The number of nitrogens with zero attached hydrogens (tertiary/aromatic N) is 2. The predicted molar refractivity (Wildman–Crippen MR) is 112 cm³/mol. The van der Waals surface area contributed by atoms with E-state index in [0.29, 0.717) is 22.2 Å². The van der Waals surface area contributed by atoms with Crippen molar-refractivity contribution in [2.24, 2.45) is 14.1 Å². The Hall–Kier alpha value is -2.94. The van der Waals surface area contributed by atoms with Gasteiger partial charge in [0.05, 0.1) is 16.6 Å². The first-order valence-corrected chi connectivity index (χ1v) is 9.66. The van der Waals surface area contributed by atoms with E-state index in [1.807, 2.05) is 29.9 Å². The Balaban J connectivity index is 1.87. The number of halogens is 2. The van der Waals surface area contributed by atoms with Crippen molar-refractivity contribution in [3.05, 3.63) is 75.3 Å². The molecule has 0 aliphatic carbocycles. The molecule has 0 aliphatic heterocycles. The van der Waals surface area contributed by atoms with Crippen LogP contribution in [0.4, 0.5) is 0 Å². The van der Waals surface area contributed by atoms with Crippen molar-refractivity contribution in [3.8, 4) is 5.75 Å². The van der Waals surface area contributed by atoms with Crippen LogP contribution in [0.15, 0.2) is 42.7 Å². The fourth-order valence-electron chi connectivity index (χ4n) is 2.96. The zero-order valence-corrected chi connectivity index (χ0v) is 17.8. The molecule has 0 unspecified atom stereocenters. The maximum atomic E-state index is 12.9. The molecule has 0 fully saturated rings. The van der Waals surface area contributed by atoms with Gasteiger partial charge in [-0.1, -0.05) is 29.3 Å². The molecule has 3 N–H and O–H groups in total. The first kappa shape index (κ1) is 21.8. The van der Waals surface area contributed by atoms with E-state index in [-0.39, 0.29) is 23.6 Å². The number of aromatic nitrogens is 2. The second kappa shape index (κ2) is 9.25. The van der Waals surface area contributed by atoms with E-state index in [1.165, 1.54) is 10.8 Å². The Labute approximate surface area is 182 Å². The molecule has 0 spiro atoms. The lowest BCUT2D eigenvalue weighted by Crippen LogP contribution is -2.26. The van der Waals surface area contributed by atoms with Crippen LogP contribution in [-0.2, 0) is 27.2 Å². The highest BCUT2D eigenvalue weighted by molar-refractivity contribution is 6.42. The van der Waals surface area contributed by atoms with Gasteiger partial charge in [-0.15, -0.1) is 0 Å². The molecule has 30 heavy (non-hydrogen) atoms. The van der Waals surface area contributed by atoms with Crippen LogP contribution < -0.4 is 15.5 Å². The molecule has 3 aromatic rings. The van der Waals surface area contributed by atoms with Crippen molar-refractivity contribution in [1.29, 1.82) is 0 Å². The largest absolute Gasteiger partial charge is 0.486 e. The molecule has 0 saturated carbocycles. The van der Waals surface area contributed by atoms with E-state index < -0.39 is 11.8 Å². The lowest BCUT2D eigenvalue weighted by Gasteiger charge is -2.12. The number of carbonyl (C=O) groups is 2. The lowest BCUT2D eigenvalue weighted by molar-refractivity contribution is 0.0702. The van der Waals surface area contributed by atoms with Crippen molar-refractivity contribution >= 4 is 35.0 Å². The van der Waals surface area contributed by atoms with E-state index in [4.69, 9.17) is 33.1 Å². The molecule has 0 atom stereocenters. The van der Waals surface area contributed by atoms with Crippen LogP contribution in [0.1, 0.15) is 32.1 Å². The number of hydroxylamine groups is 1. The molecule has 0 saturated heterocycles. The summed E-state index contributed by atoms with van der Waals surface area (Å²) in [6, 6.07) is 8.74. The van der Waals surface area contributed by atoms with Gasteiger partial charge in [0.15, 0.2) is 5.75 Å². The van der Waals surface area contributed by atoms with Gasteiger partial charge in [-0.2, -0.15) is 0 Å². The number of carbonyl (C=O) groups excluding carboxylic acids is 2. The summed E-state index contributed by atoms with van der Waals surface area (Å²) in [5.41, 5.74) is 3.33. The zero-order valence-electron chi connectivity index (χ0n) is 16.3. The van der Waals surface area contributed by atoms with Crippen molar-refractivity contribution < 1.29 is 19.5 Å². The minimum absolute atomic E-state index is 0.0177. The van der Waals surface area contributed by atoms with E-state index >= 15 is 0 Å². The molecular weight excluding hydrogens is 431 g/mol. The van der Waals surface area contributed by atoms with Crippen LogP contribution in [0, 0.1) is 0 Å². The average Bonchev–Trinajstić information content (AvgIpc) is 3.28. The zero-order chi connectivity index (χ0) is 21.8. The first-order chi connectivity index (χ1) is 14.3. The third kappa shape index (κ3) is 4.62. The Morgan fingerprint density at radius 2 is 1.87 bits per heavy atom. The summed E-state index contributed by atoms with van der Waals surface area (Å²) in [7, 11) is 3.48. The quantitative estimate of drug-likeness (QED) is 0.379. The third-order valence-electron chi connectivity index (χ3n) is 4.54. The monoisotopic (exact) mass is 450 g/mol. The summed E-state index contributed by atoms with van der Waals surface area (Å²) in [5.74, 6) is -1.18. The van der Waals surface area contributed by atoms with Crippen molar-refractivity contribution in [2.75, 3.05) is 0 Å². The highest BCUT2D eigenvalue weighted by atomic mass is 35.5. The van der Waals surface area contributed by atoms with Crippen molar-refractivity contribution in [2.45, 2.75) is 13.2 Å². The Bertz CT molecular complexity index is 1090. The molecule has 2 aromatic heterocycles. The summed E-state index contributed by atoms with van der Waals surface area (Å²) in [6.07, 6.45) is 3.28. The first-order valence-electron chi connectivity index (χ1n) is 8.90. The molecule has 2 heterocycles. The molecule has 158 valence electrons. The maximum absolute atomic E-state index is 12.9. The van der Waals surface area contributed by atoms with Crippen LogP contribution in [-0.4, -0.2) is 26.2 Å². The summed E-state index contributed by atoms with van der Waals surface area (Å²) in [6.45, 7) is 0.325. The number of hydrogen-bond donors (Lipinski definition) is 3. The van der Waals surface area contributed by atoms with E-state index in [1.54, 1.807) is 30.7 Å². The highest BCUT2D eigenvalue weighted by Crippen LogP contribution is 2.28. The normalized spacial score (nSPS) is 10.7. The Morgan fingerprint density at radius 3 is 2.50 bits per heavy atom. The average molecular weight is 451 g/mol. The van der Waals surface area contributed by atoms with Gasteiger partial charge in [0.25, 0.3) is 11.8 Å². The number of amides is 2. The molecule has 8 nitrogen and oxygen atoms in total. The van der Waals surface area contributed by atoms with Crippen molar-refractivity contribution in [1.82, 2.24) is 19.9 Å². The van der Waals surface area contributed by atoms with Gasteiger partial charge in [-0.25, -0.2) is 5.48 Å². The second-order valence-corrected chi connectivity index (χ2v) is 7.42. The van der Waals surface area contributed by atoms with Gasteiger partial charge in [0, 0.05) is 32.2 Å². The van der Waals surface area contributed by atoms with Crippen LogP contribution in [0.5, 0.6) is 5.75 Å². The molecule has 0 bridgehead atoms. The summed E-state index contributed by atoms with van der Waals surface area (Å²) >= 11 is 12.0. The number of benzene rings is 1. The SMILES string of the molecule is Cn1cccc1CNC(=O)c1c(OCc2ccc(Cl)c(Cl)c2)c(C(=O)NO)cn1C. The van der Waals surface area contributed by atoms with Crippen LogP contribution in [0.25, 0.3) is 0 Å². The number of rotatable bonds is 7. The van der Waals surface area contributed by atoms with Gasteiger partial charge in [0.1, 0.15) is 17.9 Å². The summed E-state index contributed by atoms with van der Waals surface area (Å²) in [4.78, 5) is 25.0. The standard InChI is InChI=1S/C20H20Cl2N4O4/c1-25-7-3-4-13(25)9-23-20(28)17-18(14(10-26(17)2)19(27)24-29)30-11-12-5-6-15(21)16(22)8-12/h3-8,10,29H,9,11H2,1-2H3,(H,23,28)(H,24,27). The van der Waals surface area contributed by atoms with Crippen LogP contribution in [0.2, 0.25) is 10.0 Å².